The maximum Gasteiger partial charge on any atom is 0.387 e. The van der Waals surface area contributed by atoms with Crippen molar-refractivity contribution in [3.63, 3.8) is 0 Å². The van der Waals surface area contributed by atoms with Gasteiger partial charge in [-0.1, -0.05) is 6.07 Å². The fraction of sp³-hybridized carbons (Fsp3) is 0.167. The fourth-order valence-corrected chi connectivity index (χ4v) is 4.12. The van der Waals surface area contributed by atoms with Crippen molar-refractivity contribution < 1.29 is 23.1 Å². The zero-order valence-electron chi connectivity index (χ0n) is 18.6. The molecule has 2 aromatic carbocycles. The second kappa shape index (κ2) is 10.9. The number of benzene rings is 2. The number of anilines is 2. The van der Waals surface area contributed by atoms with Gasteiger partial charge in [-0.05, 0) is 49.4 Å². The molecule has 8 nitrogen and oxygen atoms in total. The number of alkyl halides is 2. The molecule has 11 heteroatoms. The molecule has 180 valence electrons. The molecule has 0 radical (unpaired) electrons. The summed E-state index contributed by atoms with van der Waals surface area (Å²) in [5, 5.41) is 5.96. The van der Waals surface area contributed by atoms with Crippen LogP contribution in [0.15, 0.2) is 67.3 Å². The average molecular weight is 498 g/mol. The lowest BCUT2D eigenvalue weighted by Crippen LogP contribution is -2.15. The molecule has 0 saturated carbocycles. The monoisotopic (exact) mass is 497 g/mol. The summed E-state index contributed by atoms with van der Waals surface area (Å²) in [5.41, 5.74) is 2.21. The van der Waals surface area contributed by atoms with E-state index in [0.717, 1.165) is 4.88 Å². The number of hydrogen-bond donors (Lipinski definition) is 2. The van der Waals surface area contributed by atoms with Crippen LogP contribution in [0.1, 0.15) is 21.7 Å². The van der Waals surface area contributed by atoms with Gasteiger partial charge in [0.25, 0.3) is 5.91 Å². The fourth-order valence-electron chi connectivity index (χ4n) is 3.29. The van der Waals surface area contributed by atoms with Gasteiger partial charge >= 0.3 is 6.61 Å². The van der Waals surface area contributed by atoms with Gasteiger partial charge in [0.15, 0.2) is 5.13 Å². The molecule has 0 bridgehead atoms. The zero-order chi connectivity index (χ0) is 24.8. The summed E-state index contributed by atoms with van der Waals surface area (Å²) in [6.07, 6.45) is 5.33. The van der Waals surface area contributed by atoms with Crippen molar-refractivity contribution in [2.75, 3.05) is 10.6 Å². The summed E-state index contributed by atoms with van der Waals surface area (Å²) in [5.74, 6) is -0.499. The number of amides is 2. The standard InChI is InChI=1S/C24H21F2N5O3S/c1-15-21(16-5-7-19(8-6-16)34-23(25)26)29-24(35-15)30-22(33)17-3-2-4-18(13-17)28-20(32)9-11-31-12-10-27-14-31/h2-8,10,12-14,23H,9,11H2,1H3,(H,28,32)(H,29,30,33). The van der Waals surface area contributed by atoms with Crippen molar-refractivity contribution in [3.8, 4) is 17.0 Å². The Bertz CT molecular complexity index is 1310. The van der Waals surface area contributed by atoms with E-state index in [4.69, 9.17) is 0 Å². The molecule has 2 aromatic heterocycles. The van der Waals surface area contributed by atoms with E-state index < -0.39 is 6.61 Å². The highest BCUT2D eigenvalue weighted by molar-refractivity contribution is 7.16. The molecule has 2 amide bonds. The smallest absolute Gasteiger partial charge is 0.387 e. The molecule has 0 atom stereocenters. The summed E-state index contributed by atoms with van der Waals surface area (Å²) < 4.78 is 30.9. The summed E-state index contributed by atoms with van der Waals surface area (Å²) in [4.78, 5) is 34.3. The van der Waals surface area contributed by atoms with E-state index in [9.17, 15) is 18.4 Å². The zero-order valence-corrected chi connectivity index (χ0v) is 19.4. The van der Waals surface area contributed by atoms with Crippen LogP contribution in [0.5, 0.6) is 5.75 Å². The minimum absolute atomic E-state index is 0.0545. The largest absolute Gasteiger partial charge is 0.435 e. The number of carbonyl (C=O) groups excluding carboxylic acids is 2. The minimum atomic E-state index is -2.89. The van der Waals surface area contributed by atoms with Crippen molar-refractivity contribution in [2.24, 2.45) is 0 Å². The van der Waals surface area contributed by atoms with Crippen LogP contribution >= 0.6 is 11.3 Å². The van der Waals surface area contributed by atoms with Crippen LogP contribution in [0.2, 0.25) is 0 Å². The second-order valence-electron chi connectivity index (χ2n) is 7.46. The third-order valence-corrected chi connectivity index (χ3v) is 5.82. The number of aromatic nitrogens is 3. The topological polar surface area (TPSA) is 98.1 Å². The van der Waals surface area contributed by atoms with Gasteiger partial charge in [-0.2, -0.15) is 8.78 Å². The molecule has 4 aromatic rings. The maximum atomic E-state index is 12.8. The Morgan fingerprint density at radius 3 is 2.66 bits per heavy atom. The van der Waals surface area contributed by atoms with Gasteiger partial charge in [-0.25, -0.2) is 9.97 Å². The van der Waals surface area contributed by atoms with Gasteiger partial charge in [0.2, 0.25) is 5.91 Å². The lowest BCUT2D eigenvalue weighted by atomic mass is 10.1. The van der Waals surface area contributed by atoms with E-state index in [-0.39, 0.29) is 24.0 Å². The van der Waals surface area contributed by atoms with E-state index >= 15 is 0 Å². The molecule has 0 unspecified atom stereocenters. The molecule has 35 heavy (non-hydrogen) atoms. The van der Waals surface area contributed by atoms with Crippen molar-refractivity contribution >= 4 is 34.0 Å². The van der Waals surface area contributed by atoms with Gasteiger partial charge in [-0.15, -0.1) is 11.3 Å². The van der Waals surface area contributed by atoms with Gasteiger partial charge in [0.1, 0.15) is 5.75 Å². The Labute approximate surface area is 203 Å². The van der Waals surface area contributed by atoms with Crippen LogP contribution in [0.3, 0.4) is 0 Å². The van der Waals surface area contributed by atoms with E-state index in [1.54, 1.807) is 59.7 Å². The highest BCUT2D eigenvalue weighted by Gasteiger charge is 2.15. The highest BCUT2D eigenvalue weighted by Crippen LogP contribution is 2.32. The highest BCUT2D eigenvalue weighted by atomic mass is 32.1. The summed E-state index contributed by atoms with van der Waals surface area (Å²) >= 11 is 1.30. The first-order chi connectivity index (χ1) is 16.9. The second-order valence-corrected chi connectivity index (χ2v) is 8.66. The number of thiazole rings is 1. The molecular formula is C24H21F2N5O3S. The van der Waals surface area contributed by atoms with E-state index in [2.05, 4.69) is 25.3 Å². The first kappa shape index (κ1) is 24.0. The Morgan fingerprint density at radius 2 is 1.94 bits per heavy atom. The first-order valence-corrected chi connectivity index (χ1v) is 11.4. The normalized spacial score (nSPS) is 10.9. The number of carbonyl (C=O) groups is 2. The van der Waals surface area contributed by atoms with Gasteiger partial charge in [0.05, 0.1) is 12.0 Å². The lowest BCUT2D eigenvalue weighted by molar-refractivity contribution is -0.116. The quantitative estimate of drug-likeness (QED) is 0.331. The van der Waals surface area contributed by atoms with Crippen LogP contribution in [-0.2, 0) is 11.3 Å². The minimum Gasteiger partial charge on any atom is -0.435 e. The predicted molar refractivity (Wildman–Crippen MR) is 129 cm³/mol. The van der Waals surface area contributed by atoms with E-state index in [1.165, 1.54) is 23.5 Å². The van der Waals surface area contributed by atoms with Gasteiger partial charge in [0, 0.05) is 47.1 Å². The lowest BCUT2D eigenvalue weighted by Gasteiger charge is -2.08. The van der Waals surface area contributed by atoms with Crippen LogP contribution < -0.4 is 15.4 Å². The molecule has 2 N–H and O–H groups in total. The van der Waals surface area contributed by atoms with Crippen LogP contribution in [-0.4, -0.2) is 33.0 Å². The summed E-state index contributed by atoms with van der Waals surface area (Å²) in [7, 11) is 0. The molecule has 0 spiro atoms. The number of hydrogen-bond acceptors (Lipinski definition) is 6. The van der Waals surface area contributed by atoms with E-state index in [1.807, 2.05) is 6.92 Å². The third kappa shape index (κ3) is 6.48. The molecule has 0 aliphatic rings. The van der Waals surface area contributed by atoms with E-state index in [0.29, 0.717) is 34.2 Å². The molecule has 0 aliphatic carbocycles. The van der Waals surface area contributed by atoms with Gasteiger partial charge < -0.3 is 14.6 Å². The van der Waals surface area contributed by atoms with Gasteiger partial charge in [-0.3, -0.25) is 14.9 Å². The van der Waals surface area contributed by atoms with Crippen molar-refractivity contribution in [1.82, 2.24) is 14.5 Å². The molecule has 0 fully saturated rings. The predicted octanol–water partition coefficient (Wildman–Crippen LogP) is 5.20. The van der Waals surface area contributed by atoms with Crippen molar-refractivity contribution in [3.05, 3.63) is 77.7 Å². The van der Waals surface area contributed by atoms with Crippen molar-refractivity contribution in [2.45, 2.75) is 26.5 Å². The maximum absolute atomic E-state index is 12.8. The number of rotatable bonds is 9. The number of ether oxygens (including phenoxy) is 1. The summed E-state index contributed by atoms with van der Waals surface area (Å²) in [6, 6.07) is 12.8. The molecule has 0 aliphatic heterocycles. The average Bonchev–Trinajstić information content (AvgIpc) is 3.47. The molecule has 0 saturated heterocycles. The first-order valence-electron chi connectivity index (χ1n) is 10.6. The third-order valence-electron chi connectivity index (χ3n) is 4.93. The number of halogens is 2. The number of imidazole rings is 1. The Kier molecular flexibility index (Phi) is 7.46. The number of nitrogens with zero attached hydrogens (tertiary/aromatic N) is 3. The Balaban J connectivity index is 1.38. The summed E-state index contributed by atoms with van der Waals surface area (Å²) in [6.45, 7) is -0.538. The Hall–Kier alpha value is -4.12. The SMILES string of the molecule is Cc1sc(NC(=O)c2cccc(NC(=O)CCn3ccnc3)c2)nc1-c1ccc(OC(F)F)cc1. The van der Waals surface area contributed by atoms with Crippen LogP contribution in [0.25, 0.3) is 11.3 Å². The molecule has 2 heterocycles. The Morgan fingerprint density at radius 1 is 1.14 bits per heavy atom. The van der Waals surface area contributed by atoms with Crippen LogP contribution in [0, 0.1) is 6.92 Å². The number of aryl methyl sites for hydroxylation is 2. The molecule has 4 rings (SSSR count). The number of nitrogens with one attached hydrogen (secondary N) is 2. The van der Waals surface area contributed by atoms with Crippen molar-refractivity contribution in [1.29, 1.82) is 0 Å². The van der Waals surface area contributed by atoms with Crippen LogP contribution in [0.4, 0.5) is 19.6 Å². The molecular weight excluding hydrogens is 476 g/mol.